The van der Waals surface area contributed by atoms with E-state index in [1.54, 1.807) is 24.3 Å². The molecule has 0 fully saturated rings. The molecule has 102 valence electrons. The quantitative estimate of drug-likeness (QED) is 0.750. The van der Waals surface area contributed by atoms with Gasteiger partial charge in [-0.3, -0.25) is 4.79 Å². The molecule has 0 saturated heterocycles. The number of anilines is 1. The Morgan fingerprint density at radius 2 is 2.05 bits per heavy atom. The molecule has 0 unspecified atom stereocenters. The summed E-state index contributed by atoms with van der Waals surface area (Å²) in [6.07, 6.45) is 0. The summed E-state index contributed by atoms with van der Waals surface area (Å²) in [6, 6.07) is 16.7. The Bertz CT molecular complexity index is 871. The lowest BCUT2D eigenvalue weighted by atomic mass is 10.2. The highest BCUT2D eigenvalue weighted by Gasteiger charge is 2.10. The molecule has 1 heterocycles. The van der Waals surface area contributed by atoms with Crippen LogP contribution in [0, 0.1) is 18.3 Å². The minimum atomic E-state index is -0.223. The van der Waals surface area contributed by atoms with Crippen molar-refractivity contribution in [2.24, 2.45) is 0 Å². The second-order valence-corrected chi connectivity index (χ2v) is 4.92. The number of H-pyrrole nitrogens is 1. The first-order valence-corrected chi connectivity index (χ1v) is 6.56. The number of amides is 1. The lowest BCUT2D eigenvalue weighted by molar-refractivity contribution is 0.102. The summed E-state index contributed by atoms with van der Waals surface area (Å²) in [5.41, 5.74) is 3.69. The Balaban J connectivity index is 1.88. The number of nitrogens with one attached hydrogen (secondary N) is 2. The number of hydrogen-bond acceptors (Lipinski definition) is 2. The van der Waals surface area contributed by atoms with Crippen molar-refractivity contribution in [2.75, 3.05) is 5.32 Å². The molecule has 0 spiro atoms. The zero-order chi connectivity index (χ0) is 14.8. The number of carbonyl (C=O) groups is 1. The number of nitriles is 1. The van der Waals surface area contributed by atoms with Crippen LogP contribution in [-0.4, -0.2) is 10.9 Å². The van der Waals surface area contributed by atoms with Crippen LogP contribution in [0.5, 0.6) is 0 Å². The lowest BCUT2D eigenvalue weighted by Gasteiger charge is -2.03. The van der Waals surface area contributed by atoms with Crippen LogP contribution in [0.25, 0.3) is 10.9 Å². The number of carbonyl (C=O) groups excluding carboxylic acids is 1. The van der Waals surface area contributed by atoms with Crippen molar-refractivity contribution < 1.29 is 4.79 Å². The van der Waals surface area contributed by atoms with E-state index < -0.39 is 0 Å². The van der Waals surface area contributed by atoms with Gasteiger partial charge in [0.1, 0.15) is 5.69 Å². The second-order valence-electron chi connectivity index (χ2n) is 4.92. The molecule has 0 bridgehead atoms. The first-order valence-electron chi connectivity index (χ1n) is 6.56. The maximum absolute atomic E-state index is 12.2. The van der Waals surface area contributed by atoms with Gasteiger partial charge in [0.15, 0.2) is 0 Å². The van der Waals surface area contributed by atoms with Crippen LogP contribution < -0.4 is 5.32 Å². The number of aromatic nitrogens is 1. The van der Waals surface area contributed by atoms with Gasteiger partial charge >= 0.3 is 0 Å². The molecule has 0 aliphatic rings. The van der Waals surface area contributed by atoms with Gasteiger partial charge in [-0.2, -0.15) is 5.26 Å². The third kappa shape index (κ3) is 2.63. The lowest BCUT2D eigenvalue weighted by Crippen LogP contribution is -2.12. The summed E-state index contributed by atoms with van der Waals surface area (Å²) in [7, 11) is 0. The summed E-state index contributed by atoms with van der Waals surface area (Å²) in [5, 5.41) is 12.6. The van der Waals surface area contributed by atoms with E-state index in [9.17, 15) is 4.79 Å². The first kappa shape index (κ1) is 12.9. The van der Waals surface area contributed by atoms with Crippen LogP contribution in [0.15, 0.2) is 48.5 Å². The van der Waals surface area contributed by atoms with E-state index in [0.29, 0.717) is 16.9 Å². The molecule has 3 aromatic rings. The molecule has 0 aliphatic carbocycles. The Kier molecular flexibility index (Phi) is 3.17. The Morgan fingerprint density at radius 1 is 1.19 bits per heavy atom. The monoisotopic (exact) mass is 275 g/mol. The molecular formula is C17H13N3O. The summed E-state index contributed by atoms with van der Waals surface area (Å²) in [4.78, 5) is 15.4. The molecule has 1 aromatic heterocycles. The van der Waals surface area contributed by atoms with Crippen molar-refractivity contribution in [3.8, 4) is 6.07 Å². The predicted octanol–water partition coefficient (Wildman–Crippen LogP) is 3.60. The first-order chi connectivity index (χ1) is 10.2. The Labute approximate surface area is 122 Å². The van der Waals surface area contributed by atoms with Gasteiger partial charge in [0.25, 0.3) is 5.91 Å². The van der Waals surface area contributed by atoms with Crippen molar-refractivity contribution in [3.63, 3.8) is 0 Å². The molecule has 2 aromatic carbocycles. The zero-order valence-electron chi connectivity index (χ0n) is 11.5. The van der Waals surface area contributed by atoms with E-state index in [1.807, 2.05) is 37.3 Å². The molecule has 3 rings (SSSR count). The molecule has 4 heteroatoms. The Morgan fingerprint density at radius 3 is 2.86 bits per heavy atom. The van der Waals surface area contributed by atoms with Gasteiger partial charge in [-0.25, -0.2) is 0 Å². The van der Waals surface area contributed by atoms with Gasteiger partial charge in [-0.1, -0.05) is 18.2 Å². The van der Waals surface area contributed by atoms with Crippen LogP contribution in [0.3, 0.4) is 0 Å². The third-order valence-corrected chi connectivity index (χ3v) is 3.27. The number of hydrogen-bond donors (Lipinski definition) is 2. The number of nitrogens with zero attached hydrogens (tertiary/aromatic N) is 1. The van der Waals surface area contributed by atoms with E-state index in [4.69, 9.17) is 5.26 Å². The van der Waals surface area contributed by atoms with Gasteiger partial charge in [-0.15, -0.1) is 0 Å². The second kappa shape index (κ2) is 5.14. The van der Waals surface area contributed by atoms with Crippen LogP contribution in [0.4, 0.5) is 5.69 Å². The average molecular weight is 275 g/mol. The van der Waals surface area contributed by atoms with E-state index >= 15 is 0 Å². The fourth-order valence-electron chi connectivity index (χ4n) is 2.23. The van der Waals surface area contributed by atoms with Crippen molar-refractivity contribution in [1.29, 1.82) is 5.26 Å². The van der Waals surface area contributed by atoms with Crippen LogP contribution in [0.2, 0.25) is 0 Å². The minimum Gasteiger partial charge on any atom is -0.351 e. The molecule has 0 saturated carbocycles. The van der Waals surface area contributed by atoms with Gasteiger partial charge in [0.2, 0.25) is 0 Å². The van der Waals surface area contributed by atoms with Crippen molar-refractivity contribution in [2.45, 2.75) is 6.92 Å². The molecule has 0 atom stereocenters. The minimum absolute atomic E-state index is 0.223. The molecule has 21 heavy (non-hydrogen) atoms. The highest BCUT2D eigenvalue weighted by Crippen LogP contribution is 2.18. The summed E-state index contributed by atoms with van der Waals surface area (Å²) >= 11 is 0. The standard InChI is InChI=1S/C17H13N3O/c1-11-5-6-13-9-16(20-15(13)7-11)17(21)19-14-4-2-3-12(8-14)10-18/h2-9,20H,1H3,(H,19,21). The molecular weight excluding hydrogens is 262 g/mol. The number of aromatic amines is 1. The third-order valence-electron chi connectivity index (χ3n) is 3.27. The number of rotatable bonds is 2. The van der Waals surface area contributed by atoms with Crippen LogP contribution in [0.1, 0.15) is 21.6 Å². The highest BCUT2D eigenvalue weighted by atomic mass is 16.1. The van der Waals surface area contributed by atoms with Gasteiger partial charge < -0.3 is 10.3 Å². The van der Waals surface area contributed by atoms with Crippen LogP contribution >= 0.6 is 0 Å². The van der Waals surface area contributed by atoms with Gasteiger partial charge in [0, 0.05) is 16.6 Å². The molecule has 1 amide bonds. The fraction of sp³-hybridized carbons (Fsp3) is 0.0588. The van der Waals surface area contributed by atoms with E-state index in [1.165, 1.54) is 0 Å². The topological polar surface area (TPSA) is 68.7 Å². The fourth-order valence-corrected chi connectivity index (χ4v) is 2.23. The molecule has 0 radical (unpaired) electrons. The van der Waals surface area contributed by atoms with Crippen molar-refractivity contribution >= 4 is 22.5 Å². The molecule has 0 aliphatic heterocycles. The largest absolute Gasteiger partial charge is 0.351 e. The maximum Gasteiger partial charge on any atom is 0.272 e. The highest BCUT2D eigenvalue weighted by molar-refractivity contribution is 6.06. The molecule has 4 nitrogen and oxygen atoms in total. The van der Waals surface area contributed by atoms with Gasteiger partial charge in [0.05, 0.1) is 11.6 Å². The maximum atomic E-state index is 12.2. The van der Waals surface area contributed by atoms with Crippen molar-refractivity contribution in [3.05, 3.63) is 65.4 Å². The average Bonchev–Trinajstić information content (AvgIpc) is 2.90. The smallest absolute Gasteiger partial charge is 0.272 e. The number of fused-ring (bicyclic) bond motifs is 1. The summed E-state index contributed by atoms with van der Waals surface area (Å²) in [6.45, 7) is 2.01. The van der Waals surface area contributed by atoms with E-state index in [2.05, 4.69) is 10.3 Å². The van der Waals surface area contributed by atoms with Gasteiger partial charge in [-0.05, 0) is 42.8 Å². The Hall–Kier alpha value is -3.06. The van der Waals surface area contributed by atoms with Crippen molar-refractivity contribution in [1.82, 2.24) is 4.98 Å². The van der Waals surface area contributed by atoms with E-state index in [0.717, 1.165) is 16.5 Å². The van der Waals surface area contributed by atoms with Crippen LogP contribution in [-0.2, 0) is 0 Å². The molecule has 2 N–H and O–H groups in total. The summed E-state index contributed by atoms with van der Waals surface area (Å²) < 4.78 is 0. The normalized spacial score (nSPS) is 10.3. The number of benzene rings is 2. The predicted molar refractivity (Wildman–Crippen MR) is 82.1 cm³/mol. The summed E-state index contributed by atoms with van der Waals surface area (Å²) in [5.74, 6) is -0.223. The zero-order valence-corrected chi connectivity index (χ0v) is 11.5. The SMILES string of the molecule is Cc1ccc2cc(C(=O)Nc3cccc(C#N)c3)[nH]c2c1. The van der Waals surface area contributed by atoms with E-state index in [-0.39, 0.29) is 5.91 Å². The number of aryl methyl sites for hydroxylation is 1.